The lowest BCUT2D eigenvalue weighted by Gasteiger charge is -2.33. The van der Waals surface area contributed by atoms with Gasteiger partial charge in [-0.3, -0.25) is 10.1 Å². The van der Waals surface area contributed by atoms with E-state index in [4.69, 9.17) is 4.74 Å². The molecule has 10 heteroatoms. The monoisotopic (exact) mass is 403 g/mol. The fraction of sp³-hybridized carbons (Fsp3) is 0.389. The summed E-state index contributed by atoms with van der Waals surface area (Å²) in [5.41, 5.74) is 0.186. The number of rotatable bonds is 5. The van der Waals surface area contributed by atoms with Crippen molar-refractivity contribution >= 4 is 0 Å². The third-order valence-electron chi connectivity index (χ3n) is 4.19. The maximum Gasteiger partial charge on any atom is 0.499 e. The second kappa shape index (κ2) is 7.78. The lowest BCUT2D eigenvalue weighted by Crippen LogP contribution is -2.43. The highest BCUT2D eigenvalue weighted by Crippen LogP contribution is 2.41. The van der Waals surface area contributed by atoms with Crippen LogP contribution in [0.1, 0.15) is 24.6 Å². The van der Waals surface area contributed by atoms with Crippen molar-refractivity contribution in [2.45, 2.75) is 37.3 Å². The van der Waals surface area contributed by atoms with Crippen molar-refractivity contribution in [1.29, 1.82) is 0 Å². The summed E-state index contributed by atoms with van der Waals surface area (Å²) in [6.45, 7) is 0.574. The van der Waals surface area contributed by atoms with E-state index in [0.29, 0.717) is 19.4 Å². The van der Waals surface area contributed by atoms with E-state index in [9.17, 15) is 27.1 Å². The number of alkyl halides is 5. The molecule has 2 aromatic rings. The Morgan fingerprint density at radius 1 is 1.04 bits per heavy atom. The molecular weight excluding hydrogens is 387 g/mol. The summed E-state index contributed by atoms with van der Waals surface area (Å²) < 4.78 is 73.6. The van der Waals surface area contributed by atoms with Crippen molar-refractivity contribution in [2.75, 3.05) is 6.54 Å². The number of aromatic nitrogens is 1. The molecule has 1 aromatic carbocycles. The van der Waals surface area contributed by atoms with Gasteiger partial charge in [-0.05, 0) is 43.7 Å². The van der Waals surface area contributed by atoms with Crippen LogP contribution < -0.4 is 14.8 Å². The van der Waals surface area contributed by atoms with Gasteiger partial charge in [0.1, 0.15) is 11.8 Å². The number of hydrogen-bond acceptors (Lipinski definition) is 4. The molecule has 0 aliphatic carbocycles. The first-order valence-electron chi connectivity index (χ1n) is 8.43. The normalized spacial score (nSPS) is 20.6. The van der Waals surface area contributed by atoms with Gasteiger partial charge in [0.05, 0.1) is 6.04 Å². The van der Waals surface area contributed by atoms with Crippen LogP contribution in [-0.4, -0.2) is 29.9 Å². The number of hydrogen-bond donors (Lipinski definition) is 1. The quantitative estimate of drug-likeness (QED) is 0.740. The van der Waals surface area contributed by atoms with E-state index in [0.717, 1.165) is 6.07 Å². The molecule has 0 spiro atoms. The predicted octanol–water partition coefficient (Wildman–Crippen LogP) is 4.63. The van der Waals surface area contributed by atoms with Gasteiger partial charge in [-0.25, -0.2) is 0 Å². The van der Waals surface area contributed by atoms with Crippen molar-refractivity contribution < 1.29 is 36.5 Å². The van der Waals surface area contributed by atoms with Crippen LogP contribution >= 0.6 is 0 Å². The molecule has 1 fully saturated rings. The summed E-state index contributed by atoms with van der Waals surface area (Å²) in [7, 11) is 0. The maximum absolute atomic E-state index is 13.3. The molecule has 1 aliphatic heterocycles. The van der Waals surface area contributed by atoms with Gasteiger partial charge in [0, 0.05) is 6.20 Å². The first kappa shape index (κ1) is 20.1. The van der Waals surface area contributed by atoms with E-state index < -0.39 is 30.2 Å². The Hall–Kier alpha value is -2.62. The predicted molar refractivity (Wildman–Crippen MR) is 86.8 cm³/mol. The third kappa shape index (κ3) is 4.27. The van der Waals surface area contributed by atoms with Crippen LogP contribution in [0.2, 0.25) is 0 Å². The van der Waals surface area contributed by atoms with Gasteiger partial charge >= 0.3 is 12.3 Å². The minimum absolute atomic E-state index is 0.186. The van der Waals surface area contributed by atoms with Crippen LogP contribution in [0.25, 0.3) is 0 Å². The van der Waals surface area contributed by atoms with Gasteiger partial charge in [0.25, 0.3) is 0 Å². The summed E-state index contributed by atoms with van der Waals surface area (Å²) in [5.74, 6) is -1.37. The molecule has 2 heterocycles. The number of ether oxygens (including phenoxy) is 2. The van der Waals surface area contributed by atoms with Crippen molar-refractivity contribution in [3.8, 4) is 17.2 Å². The molecular formula is C18H16F5N2O3. The second-order valence-electron chi connectivity index (χ2n) is 6.18. The van der Waals surface area contributed by atoms with Crippen LogP contribution in [0.5, 0.6) is 17.2 Å². The highest BCUT2D eigenvalue weighted by molar-refractivity contribution is 5.40. The van der Waals surface area contributed by atoms with Crippen LogP contribution in [0.15, 0.2) is 42.6 Å². The van der Waals surface area contributed by atoms with Gasteiger partial charge in [-0.1, -0.05) is 12.1 Å². The average molecular weight is 403 g/mol. The Bertz CT molecular complexity index is 816. The molecule has 1 saturated heterocycles. The van der Waals surface area contributed by atoms with Crippen LogP contribution in [-0.2, 0) is 5.11 Å². The molecule has 0 bridgehead atoms. The number of benzene rings is 1. The largest absolute Gasteiger partial charge is 0.499 e. The van der Waals surface area contributed by atoms with Gasteiger partial charge in [-0.15, -0.1) is 0 Å². The Kier molecular flexibility index (Phi) is 5.59. The minimum Gasteiger partial charge on any atom is -0.484 e. The number of nitrogens with zero attached hydrogens (tertiary/aromatic N) is 1. The second-order valence-corrected chi connectivity index (χ2v) is 6.18. The maximum atomic E-state index is 13.3. The SMILES string of the molecule is [O]c1cccnc1C1NCCCC1Oc1ccccc1OC(F)(F)C(F)(F)F. The first-order valence-corrected chi connectivity index (χ1v) is 8.43. The van der Waals surface area contributed by atoms with Gasteiger partial charge in [-0.2, -0.15) is 22.0 Å². The molecule has 1 N–H and O–H groups in total. The standard InChI is InChI=1S/C18H16F5N2O3/c19-17(20,21)18(22,23)28-13-7-2-1-6-12(13)27-14-8-4-10-25-16(14)15-11(26)5-3-9-24-15/h1-3,5-7,9,14,16,25H,4,8,10H2. The Labute approximate surface area is 157 Å². The van der Waals surface area contributed by atoms with Crippen molar-refractivity contribution in [2.24, 2.45) is 0 Å². The Balaban J connectivity index is 1.85. The lowest BCUT2D eigenvalue weighted by atomic mass is 9.97. The van der Waals surface area contributed by atoms with Crippen molar-refractivity contribution in [3.05, 3.63) is 48.3 Å². The van der Waals surface area contributed by atoms with Crippen LogP contribution in [0.4, 0.5) is 22.0 Å². The summed E-state index contributed by atoms with van der Waals surface area (Å²) in [5, 5.41) is 15.2. The number of piperidine rings is 1. The van der Waals surface area contributed by atoms with Crippen molar-refractivity contribution in [3.63, 3.8) is 0 Å². The molecule has 1 aliphatic rings. The molecule has 151 valence electrons. The molecule has 2 atom stereocenters. The first-order chi connectivity index (χ1) is 13.2. The topological polar surface area (TPSA) is 63.3 Å². The van der Waals surface area contributed by atoms with E-state index in [1.165, 1.54) is 36.5 Å². The van der Waals surface area contributed by atoms with Crippen LogP contribution in [0, 0.1) is 0 Å². The highest BCUT2D eigenvalue weighted by atomic mass is 19.4. The molecule has 0 amide bonds. The number of nitrogens with one attached hydrogen (secondary N) is 1. The molecule has 3 rings (SSSR count). The Morgan fingerprint density at radius 2 is 1.75 bits per heavy atom. The number of para-hydroxylation sites is 2. The zero-order chi connectivity index (χ0) is 20.4. The molecule has 1 aromatic heterocycles. The van der Waals surface area contributed by atoms with E-state index in [2.05, 4.69) is 15.0 Å². The highest BCUT2D eigenvalue weighted by Gasteiger charge is 2.61. The molecule has 2 unspecified atom stereocenters. The van der Waals surface area contributed by atoms with Gasteiger partial charge in [0.15, 0.2) is 11.5 Å². The van der Waals surface area contributed by atoms with Crippen molar-refractivity contribution in [1.82, 2.24) is 10.3 Å². The summed E-state index contributed by atoms with van der Waals surface area (Å²) in [6, 6.07) is 7.02. The molecule has 0 saturated carbocycles. The summed E-state index contributed by atoms with van der Waals surface area (Å²) in [6.07, 6.45) is -9.42. The fourth-order valence-corrected chi connectivity index (χ4v) is 2.89. The minimum atomic E-state index is -5.87. The molecule has 5 nitrogen and oxygen atoms in total. The smallest absolute Gasteiger partial charge is 0.484 e. The van der Waals surface area contributed by atoms with E-state index in [-0.39, 0.29) is 17.2 Å². The van der Waals surface area contributed by atoms with E-state index in [1.54, 1.807) is 0 Å². The van der Waals surface area contributed by atoms with Crippen LogP contribution in [0.3, 0.4) is 0 Å². The lowest BCUT2D eigenvalue weighted by molar-refractivity contribution is -0.360. The summed E-state index contributed by atoms with van der Waals surface area (Å²) >= 11 is 0. The fourth-order valence-electron chi connectivity index (χ4n) is 2.89. The van der Waals surface area contributed by atoms with Gasteiger partial charge in [0.2, 0.25) is 5.75 Å². The molecule has 1 radical (unpaired) electrons. The zero-order valence-electron chi connectivity index (χ0n) is 14.4. The average Bonchev–Trinajstić information content (AvgIpc) is 2.63. The number of halogens is 5. The van der Waals surface area contributed by atoms with E-state index >= 15 is 0 Å². The zero-order valence-corrected chi connectivity index (χ0v) is 14.4. The molecule has 28 heavy (non-hydrogen) atoms. The Morgan fingerprint density at radius 3 is 2.43 bits per heavy atom. The van der Waals surface area contributed by atoms with Gasteiger partial charge < -0.3 is 14.8 Å². The third-order valence-corrected chi connectivity index (χ3v) is 4.19. The number of pyridine rings is 1. The van der Waals surface area contributed by atoms with E-state index in [1.807, 2.05) is 0 Å². The summed E-state index contributed by atoms with van der Waals surface area (Å²) in [4.78, 5) is 4.05.